The zero-order valence-electron chi connectivity index (χ0n) is 15.1. The van der Waals surface area contributed by atoms with Gasteiger partial charge in [-0.2, -0.15) is 0 Å². The normalized spacial score (nSPS) is 11.2. The minimum Gasteiger partial charge on any atom is -0.467 e. The third-order valence-electron chi connectivity index (χ3n) is 4.05. The highest BCUT2D eigenvalue weighted by Crippen LogP contribution is 2.16. The topological polar surface area (TPSA) is 79.6 Å². The molecule has 2 amide bonds. The van der Waals surface area contributed by atoms with Crippen LogP contribution in [-0.4, -0.2) is 19.3 Å². The lowest BCUT2D eigenvalue weighted by Crippen LogP contribution is -2.42. The number of hydrogen-bond acceptors (Lipinski definition) is 4. The lowest BCUT2D eigenvalue weighted by molar-refractivity contribution is 0.193. The van der Waals surface area contributed by atoms with E-state index in [4.69, 9.17) is 16.0 Å². The Labute approximate surface area is 168 Å². The summed E-state index contributed by atoms with van der Waals surface area (Å²) in [5.41, 5.74) is 1.73. The Balaban J connectivity index is 1.80. The Morgan fingerprint density at radius 3 is 2.32 bits per heavy atom. The SMILES string of the molecule is Cc1ccc(S(=O)(=O)NC(=O)N(Cc2ccc(Cl)cc2)Cc2ccco2)cc1. The molecular weight excluding hydrogens is 400 g/mol. The molecule has 1 N–H and O–H groups in total. The second-order valence-corrected chi connectivity index (χ2v) is 8.40. The number of rotatable bonds is 6. The first-order chi connectivity index (χ1) is 13.3. The van der Waals surface area contributed by atoms with Gasteiger partial charge < -0.3 is 9.32 Å². The third-order valence-corrected chi connectivity index (χ3v) is 5.64. The predicted octanol–water partition coefficient (Wildman–Crippen LogP) is 4.34. The first kappa shape index (κ1) is 20.0. The molecule has 8 heteroatoms. The highest BCUT2D eigenvalue weighted by atomic mass is 35.5. The smallest absolute Gasteiger partial charge is 0.332 e. The van der Waals surface area contributed by atoms with Crippen molar-refractivity contribution in [1.82, 2.24) is 9.62 Å². The second-order valence-electron chi connectivity index (χ2n) is 6.29. The Kier molecular flexibility index (Phi) is 6.06. The van der Waals surface area contributed by atoms with E-state index in [1.807, 2.05) is 6.92 Å². The van der Waals surface area contributed by atoms with Gasteiger partial charge in [-0.1, -0.05) is 41.4 Å². The minimum atomic E-state index is -3.99. The van der Waals surface area contributed by atoms with Crippen LogP contribution in [-0.2, 0) is 23.1 Å². The molecule has 6 nitrogen and oxygen atoms in total. The quantitative estimate of drug-likeness (QED) is 0.645. The van der Waals surface area contributed by atoms with Crippen molar-refractivity contribution in [3.8, 4) is 0 Å². The van der Waals surface area contributed by atoms with Crippen molar-refractivity contribution >= 4 is 27.7 Å². The molecule has 0 unspecified atom stereocenters. The van der Waals surface area contributed by atoms with E-state index in [0.717, 1.165) is 11.1 Å². The molecule has 0 radical (unpaired) electrons. The molecular formula is C20H19ClN2O4S. The number of carbonyl (C=O) groups excluding carboxylic acids is 1. The van der Waals surface area contributed by atoms with Gasteiger partial charge in [0.15, 0.2) is 0 Å². The van der Waals surface area contributed by atoms with Crippen LogP contribution in [0.3, 0.4) is 0 Å². The summed E-state index contributed by atoms with van der Waals surface area (Å²) >= 11 is 5.90. The lowest BCUT2D eigenvalue weighted by Gasteiger charge is -2.22. The number of hydrogen-bond donors (Lipinski definition) is 1. The van der Waals surface area contributed by atoms with Gasteiger partial charge in [0.2, 0.25) is 0 Å². The van der Waals surface area contributed by atoms with E-state index in [1.54, 1.807) is 48.5 Å². The van der Waals surface area contributed by atoms with Crippen molar-refractivity contribution in [2.24, 2.45) is 0 Å². The highest BCUT2D eigenvalue weighted by molar-refractivity contribution is 7.90. The second kappa shape index (κ2) is 8.50. The van der Waals surface area contributed by atoms with E-state index in [0.29, 0.717) is 10.8 Å². The van der Waals surface area contributed by atoms with Gasteiger partial charge in [-0.25, -0.2) is 17.9 Å². The van der Waals surface area contributed by atoms with Crippen molar-refractivity contribution in [1.29, 1.82) is 0 Å². The molecule has 0 spiro atoms. The fraction of sp³-hybridized carbons (Fsp3) is 0.150. The largest absolute Gasteiger partial charge is 0.467 e. The van der Waals surface area contributed by atoms with Gasteiger partial charge in [0.1, 0.15) is 5.76 Å². The number of sulfonamides is 1. The molecule has 3 aromatic rings. The van der Waals surface area contributed by atoms with Crippen molar-refractivity contribution < 1.29 is 17.6 Å². The van der Waals surface area contributed by atoms with Crippen LogP contribution in [0.1, 0.15) is 16.9 Å². The molecule has 0 atom stereocenters. The van der Waals surface area contributed by atoms with Crippen LogP contribution in [0.2, 0.25) is 5.02 Å². The predicted molar refractivity (Wildman–Crippen MR) is 106 cm³/mol. The van der Waals surface area contributed by atoms with Crippen molar-refractivity contribution in [3.05, 3.63) is 88.8 Å². The van der Waals surface area contributed by atoms with Gasteiger partial charge in [-0.15, -0.1) is 0 Å². The Hall–Kier alpha value is -2.77. The maximum atomic E-state index is 12.8. The summed E-state index contributed by atoms with van der Waals surface area (Å²) in [6.07, 6.45) is 1.50. The van der Waals surface area contributed by atoms with Crippen LogP contribution in [0, 0.1) is 6.92 Å². The maximum Gasteiger partial charge on any atom is 0.332 e. The van der Waals surface area contributed by atoms with Crippen LogP contribution in [0.25, 0.3) is 0 Å². The summed E-state index contributed by atoms with van der Waals surface area (Å²) in [5.74, 6) is 0.539. The average Bonchev–Trinajstić information content (AvgIpc) is 3.16. The number of aryl methyl sites for hydroxylation is 1. The summed E-state index contributed by atoms with van der Waals surface area (Å²) in [5, 5.41) is 0.577. The zero-order chi connectivity index (χ0) is 20.1. The number of carbonyl (C=O) groups is 1. The Morgan fingerprint density at radius 1 is 1.04 bits per heavy atom. The molecule has 1 aromatic heterocycles. The number of amides is 2. The molecule has 0 saturated carbocycles. The van der Waals surface area contributed by atoms with E-state index in [1.165, 1.54) is 23.3 Å². The number of furan rings is 1. The van der Waals surface area contributed by atoms with Crippen molar-refractivity contribution in [3.63, 3.8) is 0 Å². The van der Waals surface area contributed by atoms with Gasteiger partial charge >= 0.3 is 6.03 Å². The Morgan fingerprint density at radius 2 is 1.71 bits per heavy atom. The minimum absolute atomic E-state index is 0.0240. The summed E-state index contributed by atoms with van der Waals surface area (Å²) < 4.78 is 32.6. The number of halogens is 1. The van der Waals surface area contributed by atoms with Gasteiger partial charge in [0.25, 0.3) is 10.0 Å². The van der Waals surface area contributed by atoms with Crippen LogP contribution < -0.4 is 4.72 Å². The first-order valence-electron chi connectivity index (χ1n) is 8.49. The molecule has 0 bridgehead atoms. The van der Waals surface area contributed by atoms with E-state index in [-0.39, 0.29) is 18.0 Å². The van der Waals surface area contributed by atoms with Crippen molar-refractivity contribution in [2.75, 3.05) is 0 Å². The first-order valence-corrected chi connectivity index (χ1v) is 10.3. The third kappa shape index (κ3) is 5.15. The summed E-state index contributed by atoms with van der Waals surface area (Å²) in [6.45, 7) is 2.16. The molecule has 0 fully saturated rings. The lowest BCUT2D eigenvalue weighted by atomic mass is 10.2. The molecule has 0 saturated heterocycles. The zero-order valence-corrected chi connectivity index (χ0v) is 16.7. The van der Waals surface area contributed by atoms with Crippen LogP contribution in [0.5, 0.6) is 0 Å². The van der Waals surface area contributed by atoms with E-state index < -0.39 is 16.1 Å². The maximum absolute atomic E-state index is 12.8. The molecule has 0 aliphatic rings. The molecule has 0 aliphatic carbocycles. The molecule has 2 aromatic carbocycles. The Bertz CT molecular complexity index is 1030. The number of benzene rings is 2. The molecule has 0 aliphatic heterocycles. The molecule has 28 heavy (non-hydrogen) atoms. The fourth-order valence-corrected chi connectivity index (χ4v) is 3.65. The van der Waals surface area contributed by atoms with Gasteiger partial charge in [0.05, 0.1) is 17.7 Å². The highest BCUT2D eigenvalue weighted by Gasteiger charge is 2.23. The number of nitrogens with one attached hydrogen (secondary N) is 1. The van der Waals surface area contributed by atoms with Gasteiger partial charge in [-0.05, 0) is 48.9 Å². The summed E-state index contributed by atoms with van der Waals surface area (Å²) in [6, 6.07) is 15.9. The van der Waals surface area contributed by atoms with Crippen LogP contribution in [0.15, 0.2) is 76.2 Å². The standard InChI is InChI=1S/C20H19ClN2O4S/c1-15-4-10-19(11-5-15)28(25,26)22-20(24)23(14-18-3-2-12-27-18)13-16-6-8-17(21)9-7-16/h2-12H,13-14H2,1H3,(H,22,24). The fourth-order valence-electron chi connectivity index (χ4n) is 2.56. The molecule has 3 rings (SSSR count). The van der Waals surface area contributed by atoms with E-state index >= 15 is 0 Å². The number of nitrogens with zero attached hydrogens (tertiary/aromatic N) is 1. The van der Waals surface area contributed by atoms with Crippen LogP contribution in [0.4, 0.5) is 4.79 Å². The van der Waals surface area contributed by atoms with E-state index in [9.17, 15) is 13.2 Å². The summed E-state index contributed by atoms with van der Waals surface area (Å²) in [4.78, 5) is 14.1. The van der Waals surface area contributed by atoms with E-state index in [2.05, 4.69) is 4.72 Å². The molecule has 1 heterocycles. The summed E-state index contributed by atoms with van der Waals surface area (Å²) in [7, 11) is -3.99. The average molecular weight is 419 g/mol. The molecule has 146 valence electrons. The monoisotopic (exact) mass is 418 g/mol. The van der Waals surface area contributed by atoms with Gasteiger partial charge in [0, 0.05) is 11.6 Å². The van der Waals surface area contributed by atoms with Gasteiger partial charge in [-0.3, -0.25) is 0 Å². The van der Waals surface area contributed by atoms with Crippen LogP contribution >= 0.6 is 11.6 Å². The van der Waals surface area contributed by atoms with Crippen molar-refractivity contribution in [2.45, 2.75) is 24.9 Å². The number of urea groups is 1.